The topological polar surface area (TPSA) is 78.4 Å². The second-order valence-electron chi connectivity index (χ2n) is 5.79. The minimum atomic E-state index is -0.113. The number of aromatic nitrogens is 1. The van der Waals surface area contributed by atoms with E-state index in [1.807, 2.05) is 0 Å². The van der Waals surface area contributed by atoms with Gasteiger partial charge in [0.2, 0.25) is 0 Å². The molecule has 25 heavy (non-hydrogen) atoms. The number of halogens is 1. The molecule has 1 atom stereocenters. The minimum Gasteiger partial charge on any atom is -0.356 e. The fraction of sp³-hybridized carbons (Fsp3) is 0.611. The van der Waals surface area contributed by atoms with E-state index in [0.717, 1.165) is 12.5 Å². The Morgan fingerprint density at radius 1 is 1.24 bits per heavy atom. The SMILES string of the molecule is CCCCC(CC)CNC(=NC)NCCNC(=O)c1cccnc1.I. The van der Waals surface area contributed by atoms with E-state index in [1.165, 1.54) is 25.7 Å². The average molecular weight is 461 g/mol. The first-order valence-corrected chi connectivity index (χ1v) is 8.83. The number of nitrogens with one attached hydrogen (secondary N) is 3. The number of pyridine rings is 1. The highest BCUT2D eigenvalue weighted by Crippen LogP contribution is 2.10. The summed E-state index contributed by atoms with van der Waals surface area (Å²) in [5.74, 6) is 1.34. The summed E-state index contributed by atoms with van der Waals surface area (Å²) in [6.45, 7) is 6.53. The van der Waals surface area contributed by atoms with Crippen molar-refractivity contribution in [3.05, 3.63) is 30.1 Å². The van der Waals surface area contributed by atoms with Gasteiger partial charge < -0.3 is 16.0 Å². The zero-order valence-electron chi connectivity index (χ0n) is 15.5. The molecule has 0 spiro atoms. The molecule has 1 unspecified atom stereocenters. The molecule has 0 fully saturated rings. The monoisotopic (exact) mass is 461 g/mol. The lowest BCUT2D eigenvalue weighted by atomic mass is 9.99. The first-order valence-electron chi connectivity index (χ1n) is 8.83. The van der Waals surface area contributed by atoms with Crippen molar-refractivity contribution in [1.29, 1.82) is 0 Å². The van der Waals surface area contributed by atoms with Crippen molar-refractivity contribution in [3.63, 3.8) is 0 Å². The van der Waals surface area contributed by atoms with Crippen LogP contribution >= 0.6 is 24.0 Å². The summed E-state index contributed by atoms with van der Waals surface area (Å²) in [6.07, 6.45) is 8.14. The summed E-state index contributed by atoms with van der Waals surface area (Å²) in [4.78, 5) is 20.0. The van der Waals surface area contributed by atoms with Crippen LogP contribution in [0.25, 0.3) is 0 Å². The standard InChI is InChI=1S/C18H31N5O.HI/c1-4-6-8-15(5-2)13-23-18(19-3)22-12-11-21-17(24)16-9-7-10-20-14-16;/h7,9-10,14-15H,4-6,8,11-13H2,1-3H3,(H,21,24)(H2,19,22,23);1H. The number of carbonyl (C=O) groups is 1. The van der Waals surface area contributed by atoms with Crippen LogP contribution in [0.4, 0.5) is 0 Å². The molecule has 1 aromatic heterocycles. The number of aliphatic imine (C=N–C) groups is 1. The summed E-state index contributed by atoms with van der Waals surface area (Å²) in [5, 5.41) is 9.44. The number of rotatable bonds is 10. The summed E-state index contributed by atoms with van der Waals surface area (Å²) < 4.78 is 0. The van der Waals surface area contributed by atoms with Crippen LogP contribution in [0.1, 0.15) is 49.9 Å². The van der Waals surface area contributed by atoms with Crippen molar-refractivity contribution >= 4 is 35.8 Å². The van der Waals surface area contributed by atoms with E-state index in [2.05, 4.69) is 39.8 Å². The number of hydrogen-bond donors (Lipinski definition) is 3. The third kappa shape index (κ3) is 10.3. The van der Waals surface area contributed by atoms with E-state index in [-0.39, 0.29) is 29.9 Å². The number of amides is 1. The Kier molecular flexibility index (Phi) is 14.1. The van der Waals surface area contributed by atoms with Gasteiger partial charge in [0, 0.05) is 39.1 Å². The smallest absolute Gasteiger partial charge is 0.252 e. The van der Waals surface area contributed by atoms with E-state index in [1.54, 1.807) is 31.6 Å². The lowest BCUT2D eigenvalue weighted by molar-refractivity contribution is 0.0954. The van der Waals surface area contributed by atoms with E-state index in [0.29, 0.717) is 24.6 Å². The van der Waals surface area contributed by atoms with Gasteiger partial charge in [-0.05, 0) is 24.5 Å². The molecule has 0 aliphatic heterocycles. The van der Waals surface area contributed by atoms with Crippen molar-refractivity contribution in [2.45, 2.75) is 39.5 Å². The van der Waals surface area contributed by atoms with Gasteiger partial charge in [0.15, 0.2) is 5.96 Å². The van der Waals surface area contributed by atoms with Crippen LogP contribution in [0.15, 0.2) is 29.5 Å². The molecule has 0 saturated carbocycles. The first kappa shape index (κ1) is 23.6. The van der Waals surface area contributed by atoms with Crippen LogP contribution in [-0.2, 0) is 0 Å². The second-order valence-corrected chi connectivity index (χ2v) is 5.79. The number of nitrogens with zero attached hydrogens (tertiary/aromatic N) is 2. The highest BCUT2D eigenvalue weighted by Gasteiger charge is 2.07. The molecule has 1 heterocycles. The molecular formula is C18H32IN5O. The van der Waals surface area contributed by atoms with Crippen LogP contribution in [0.2, 0.25) is 0 Å². The molecule has 0 bridgehead atoms. The Morgan fingerprint density at radius 3 is 2.60 bits per heavy atom. The van der Waals surface area contributed by atoms with Gasteiger partial charge in [0.1, 0.15) is 0 Å². The molecule has 0 saturated heterocycles. The number of carbonyl (C=O) groups excluding carboxylic acids is 1. The lowest BCUT2D eigenvalue weighted by Gasteiger charge is -2.18. The third-order valence-corrected chi connectivity index (χ3v) is 3.95. The average Bonchev–Trinajstić information content (AvgIpc) is 2.63. The summed E-state index contributed by atoms with van der Waals surface area (Å²) >= 11 is 0. The Balaban J connectivity index is 0.00000576. The maximum Gasteiger partial charge on any atom is 0.252 e. The lowest BCUT2D eigenvalue weighted by Crippen LogP contribution is -2.43. The summed E-state index contributed by atoms with van der Waals surface area (Å²) in [7, 11) is 1.76. The third-order valence-electron chi connectivity index (χ3n) is 3.95. The van der Waals surface area contributed by atoms with Gasteiger partial charge in [0.05, 0.1) is 5.56 Å². The maximum atomic E-state index is 11.9. The van der Waals surface area contributed by atoms with Gasteiger partial charge in [-0.15, -0.1) is 24.0 Å². The van der Waals surface area contributed by atoms with Crippen LogP contribution in [0.3, 0.4) is 0 Å². The Bertz CT molecular complexity index is 495. The highest BCUT2D eigenvalue weighted by molar-refractivity contribution is 14.0. The fourth-order valence-corrected chi connectivity index (χ4v) is 2.36. The van der Waals surface area contributed by atoms with E-state index >= 15 is 0 Å². The summed E-state index contributed by atoms with van der Waals surface area (Å²) in [6, 6.07) is 3.50. The van der Waals surface area contributed by atoms with Crippen molar-refractivity contribution in [2.24, 2.45) is 10.9 Å². The Morgan fingerprint density at radius 2 is 2.00 bits per heavy atom. The molecule has 1 rings (SSSR count). The zero-order chi connectivity index (χ0) is 17.6. The van der Waals surface area contributed by atoms with E-state index in [9.17, 15) is 4.79 Å². The van der Waals surface area contributed by atoms with Crippen molar-refractivity contribution in [2.75, 3.05) is 26.7 Å². The van der Waals surface area contributed by atoms with E-state index in [4.69, 9.17) is 0 Å². The fourth-order valence-electron chi connectivity index (χ4n) is 2.36. The maximum absolute atomic E-state index is 11.9. The minimum absolute atomic E-state index is 0. The molecule has 3 N–H and O–H groups in total. The van der Waals surface area contributed by atoms with Crippen molar-refractivity contribution in [3.8, 4) is 0 Å². The molecule has 1 amide bonds. The van der Waals surface area contributed by atoms with Gasteiger partial charge in [-0.1, -0.05) is 33.1 Å². The van der Waals surface area contributed by atoms with Crippen molar-refractivity contribution < 1.29 is 4.79 Å². The van der Waals surface area contributed by atoms with Gasteiger partial charge in [-0.2, -0.15) is 0 Å². The summed E-state index contributed by atoms with van der Waals surface area (Å²) in [5.41, 5.74) is 0.571. The molecular weight excluding hydrogens is 429 g/mol. The number of unbranched alkanes of at least 4 members (excludes halogenated alkanes) is 1. The molecule has 0 aromatic carbocycles. The quantitative estimate of drug-likeness (QED) is 0.217. The van der Waals surface area contributed by atoms with Gasteiger partial charge in [-0.25, -0.2) is 0 Å². The van der Waals surface area contributed by atoms with Crippen LogP contribution in [0.5, 0.6) is 0 Å². The first-order chi connectivity index (χ1) is 11.7. The molecule has 0 aliphatic carbocycles. The van der Waals surface area contributed by atoms with Gasteiger partial charge >= 0.3 is 0 Å². The zero-order valence-corrected chi connectivity index (χ0v) is 17.9. The Labute approximate surface area is 168 Å². The Hall–Kier alpha value is -1.38. The predicted molar refractivity (Wildman–Crippen MR) is 115 cm³/mol. The molecule has 0 aliphatic rings. The highest BCUT2D eigenvalue weighted by atomic mass is 127. The van der Waals surface area contributed by atoms with Crippen molar-refractivity contribution in [1.82, 2.24) is 20.9 Å². The molecule has 0 radical (unpaired) electrons. The van der Waals surface area contributed by atoms with E-state index < -0.39 is 0 Å². The normalized spacial score (nSPS) is 12.0. The molecule has 7 heteroatoms. The van der Waals surface area contributed by atoms with Crippen LogP contribution < -0.4 is 16.0 Å². The molecule has 1 aromatic rings. The predicted octanol–water partition coefficient (Wildman–Crippen LogP) is 2.81. The van der Waals surface area contributed by atoms with Gasteiger partial charge in [0.25, 0.3) is 5.91 Å². The number of hydrogen-bond acceptors (Lipinski definition) is 3. The van der Waals surface area contributed by atoms with Crippen LogP contribution in [0, 0.1) is 5.92 Å². The van der Waals surface area contributed by atoms with Gasteiger partial charge in [-0.3, -0.25) is 14.8 Å². The largest absolute Gasteiger partial charge is 0.356 e. The van der Waals surface area contributed by atoms with Crippen LogP contribution in [-0.4, -0.2) is 43.5 Å². The molecule has 6 nitrogen and oxygen atoms in total. The molecule has 142 valence electrons. The number of guanidine groups is 1. The second kappa shape index (κ2) is 14.9.